The summed E-state index contributed by atoms with van der Waals surface area (Å²) in [6.07, 6.45) is 4.57. The molecule has 2 aromatic rings. The molecule has 30 heavy (non-hydrogen) atoms. The van der Waals surface area contributed by atoms with Gasteiger partial charge in [0, 0.05) is 36.3 Å². The van der Waals surface area contributed by atoms with Crippen LogP contribution in [0.25, 0.3) is 0 Å². The van der Waals surface area contributed by atoms with Crippen molar-refractivity contribution in [2.45, 2.75) is 38.8 Å². The van der Waals surface area contributed by atoms with E-state index in [-0.39, 0.29) is 21.2 Å². The molecule has 2 aromatic carbocycles. The molecular formula is C22H28N4O4. The van der Waals surface area contributed by atoms with Crippen molar-refractivity contribution in [2.75, 3.05) is 13.1 Å². The van der Waals surface area contributed by atoms with Gasteiger partial charge in [-0.3, -0.25) is 20.2 Å². The summed E-state index contributed by atoms with van der Waals surface area (Å²) in [5.41, 5.74) is 1.73. The average Bonchev–Trinajstić information content (AvgIpc) is 2.74. The lowest BCUT2D eigenvalue weighted by atomic mass is 9.81. The van der Waals surface area contributed by atoms with Gasteiger partial charge in [0.15, 0.2) is 0 Å². The maximum atomic E-state index is 11.1. The van der Waals surface area contributed by atoms with Gasteiger partial charge in [0.2, 0.25) is 0 Å². The summed E-state index contributed by atoms with van der Waals surface area (Å²) >= 11 is 0. The third kappa shape index (κ3) is 6.08. The number of nitro groups is 2. The Kier molecular flexibility index (Phi) is 7.87. The van der Waals surface area contributed by atoms with Crippen molar-refractivity contribution in [1.29, 1.82) is 0 Å². The first-order valence-electron chi connectivity index (χ1n) is 10.4. The van der Waals surface area contributed by atoms with Crippen molar-refractivity contribution in [2.24, 2.45) is 11.8 Å². The molecule has 0 bridgehead atoms. The molecule has 1 aliphatic carbocycles. The maximum Gasteiger partial charge on any atom is 0.273 e. The monoisotopic (exact) mass is 412 g/mol. The van der Waals surface area contributed by atoms with Crippen LogP contribution in [0.1, 0.15) is 36.8 Å². The zero-order chi connectivity index (χ0) is 21.3. The summed E-state index contributed by atoms with van der Waals surface area (Å²) in [7, 11) is 0. The first-order valence-corrected chi connectivity index (χ1v) is 10.4. The third-order valence-electron chi connectivity index (χ3n) is 5.76. The standard InChI is InChI=1S/C22H28N4O4/c27-25(28)21-10-3-1-8-19(21)15-23-13-17-6-5-7-18(12-17)14-24-16-20-9-2-4-11-22(20)26(29)30/h1-4,8-11,17-18,23-24H,5-7,12-16H2. The van der Waals surface area contributed by atoms with E-state index in [0.717, 1.165) is 38.8 Å². The molecule has 3 rings (SSSR count). The fraction of sp³-hybridized carbons (Fsp3) is 0.455. The SMILES string of the molecule is O=[N+]([O-])c1ccccc1CNCC1CCCC(CNCc2ccccc2[N+](=O)[O-])C1. The van der Waals surface area contributed by atoms with Gasteiger partial charge in [-0.25, -0.2) is 0 Å². The van der Waals surface area contributed by atoms with Crippen LogP contribution in [-0.2, 0) is 13.1 Å². The molecule has 1 fully saturated rings. The Morgan fingerprint density at radius 1 is 0.767 bits per heavy atom. The highest BCUT2D eigenvalue weighted by Gasteiger charge is 2.22. The Morgan fingerprint density at radius 2 is 1.20 bits per heavy atom. The number of hydrogen-bond acceptors (Lipinski definition) is 6. The number of nitrogens with zero attached hydrogens (tertiary/aromatic N) is 2. The van der Waals surface area contributed by atoms with E-state index in [0.29, 0.717) is 36.1 Å². The van der Waals surface area contributed by atoms with Crippen LogP contribution in [0.4, 0.5) is 11.4 Å². The quantitative estimate of drug-likeness (QED) is 0.447. The van der Waals surface area contributed by atoms with Crippen LogP contribution < -0.4 is 10.6 Å². The Labute approximate surface area is 176 Å². The molecule has 1 aliphatic rings. The topological polar surface area (TPSA) is 110 Å². The van der Waals surface area contributed by atoms with Crippen molar-refractivity contribution in [1.82, 2.24) is 10.6 Å². The molecular weight excluding hydrogens is 384 g/mol. The molecule has 8 heteroatoms. The van der Waals surface area contributed by atoms with Gasteiger partial charge < -0.3 is 10.6 Å². The van der Waals surface area contributed by atoms with Crippen LogP contribution in [-0.4, -0.2) is 22.9 Å². The third-order valence-corrected chi connectivity index (χ3v) is 5.76. The summed E-state index contributed by atoms with van der Waals surface area (Å²) in [5, 5.41) is 29.0. The van der Waals surface area contributed by atoms with E-state index in [4.69, 9.17) is 0 Å². The molecule has 2 unspecified atom stereocenters. The van der Waals surface area contributed by atoms with Crippen molar-refractivity contribution < 1.29 is 9.85 Å². The molecule has 0 amide bonds. The van der Waals surface area contributed by atoms with Crippen molar-refractivity contribution in [3.63, 3.8) is 0 Å². The smallest absolute Gasteiger partial charge is 0.273 e. The number of hydrogen-bond donors (Lipinski definition) is 2. The lowest BCUT2D eigenvalue weighted by Gasteiger charge is -2.29. The molecule has 2 atom stereocenters. The predicted molar refractivity (Wildman–Crippen MR) is 115 cm³/mol. The van der Waals surface area contributed by atoms with Gasteiger partial charge in [0.25, 0.3) is 11.4 Å². The highest BCUT2D eigenvalue weighted by molar-refractivity contribution is 5.40. The molecule has 1 saturated carbocycles. The first-order chi connectivity index (χ1) is 14.5. The molecule has 0 heterocycles. The second kappa shape index (κ2) is 10.8. The van der Waals surface area contributed by atoms with Crippen molar-refractivity contribution in [3.05, 3.63) is 79.9 Å². The number of para-hydroxylation sites is 2. The lowest BCUT2D eigenvalue weighted by Crippen LogP contribution is -2.31. The summed E-state index contributed by atoms with van der Waals surface area (Å²) in [4.78, 5) is 21.6. The van der Waals surface area contributed by atoms with Gasteiger partial charge >= 0.3 is 0 Å². The fourth-order valence-electron chi connectivity index (χ4n) is 4.27. The Bertz CT molecular complexity index is 804. The lowest BCUT2D eigenvalue weighted by molar-refractivity contribution is -0.385. The fourth-order valence-corrected chi connectivity index (χ4v) is 4.27. The average molecular weight is 412 g/mol. The van der Waals surface area contributed by atoms with Gasteiger partial charge in [-0.2, -0.15) is 0 Å². The van der Waals surface area contributed by atoms with Crippen molar-refractivity contribution >= 4 is 11.4 Å². The minimum absolute atomic E-state index is 0.158. The summed E-state index contributed by atoms with van der Waals surface area (Å²) in [6.45, 7) is 2.67. The summed E-state index contributed by atoms with van der Waals surface area (Å²) in [6, 6.07) is 13.7. The van der Waals surface area contributed by atoms with Crippen LogP contribution in [0.2, 0.25) is 0 Å². The van der Waals surface area contributed by atoms with E-state index in [9.17, 15) is 20.2 Å². The zero-order valence-electron chi connectivity index (χ0n) is 17.0. The van der Waals surface area contributed by atoms with Crippen LogP contribution >= 0.6 is 0 Å². The van der Waals surface area contributed by atoms with Gasteiger partial charge in [-0.05, 0) is 44.2 Å². The second-order valence-electron chi connectivity index (χ2n) is 7.93. The van der Waals surface area contributed by atoms with Crippen molar-refractivity contribution in [3.8, 4) is 0 Å². The number of nitro benzene ring substituents is 2. The van der Waals surface area contributed by atoms with Gasteiger partial charge in [-0.1, -0.05) is 42.8 Å². The van der Waals surface area contributed by atoms with Gasteiger partial charge in [0.05, 0.1) is 9.85 Å². The number of nitrogens with one attached hydrogen (secondary N) is 2. The predicted octanol–water partition coefficient (Wildman–Crippen LogP) is 4.19. The minimum atomic E-state index is -0.337. The van der Waals surface area contributed by atoms with Gasteiger partial charge in [0.1, 0.15) is 0 Å². The minimum Gasteiger partial charge on any atom is -0.312 e. The summed E-state index contributed by atoms with van der Waals surface area (Å²) < 4.78 is 0. The van der Waals surface area contributed by atoms with Gasteiger partial charge in [-0.15, -0.1) is 0 Å². The zero-order valence-corrected chi connectivity index (χ0v) is 17.0. The molecule has 2 N–H and O–H groups in total. The van der Waals surface area contributed by atoms with E-state index in [1.807, 2.05) is 12.1 Å². The summed E-state index contributed by atoms with van der Waals surface area (Å²) in [5.74, 6) is 1.08. The molecule has 160 valence electrons. The normalized spacial score (nSPS) is 18.8. The number of rotatable bonds is 10. The molecule has 0 saturated heterocycles. The van der Waals surface area contributed by atoms with E-state index in [2.05, 4.69) is 10.6 Å². The van der Waals surface area contributed by atoms with E-state index in [1.165, 1.54) is 12.1 Å². The largest absolute Gasteiger partial charge is 0.312 e. The van der Waals surface area contributed by atoms with E-state index in [1.54, 1.807) is 24.3 Å². The highest BCUT2D eigenvalue weighted by atomic mass is 16.6. The van der Waals surface area contributed by atoms with Crippen LogP contribution in [0.15, 0.2) is 48.5 Å². The maximum absolute atomic E-state index is 11.1. The molecule has 0 radical (unpaired) electrons. The Balaban J connectivity index is 1.43. The first kappa shape index (κ1) is 21.9. The second-order valence-corrected chi connectivity index (χ2v) is 7.93. The van der Waals surface area contributed by atoms with E-state index >= 15 is 0 Å². The molecule has 0 spiro atoms. The van der Waals surface area contributed by atoms with Crippen LogP contribution in [0.5, 0.6) is 0 Å². The molecule has 0 aliphatic heterocycles. The Morgan fingerprint density at radius 3 is 1.63 bits per heavy atom. The highest BCUT2D eigenvalue weighted by Crippen LogP contribution is 2.28. The van der Waals surface area contributed by atoms with Crippen LogP contribution in [0, 0.1) is 32.1 Å². The van der Waals surface area contributed by atoms with E-state index < -0.39 is 0 Å². The molecule has 8 nitrogen and oxygen atoms in total. The van der Waals surface area contributed by atoms with Crippen LogP contribution in [0.3, 0.4) is 0 Å². The number of benzene rings is 2. The molecule has 0 aromatic heterocycles. The Hall–Kier alpha value is -2.84.